The van der Waals surface area contributed by atoms with Gasteiger partial charge in [-0.25, -0.2) is 0 Å². The molecule has 0 spiro atoms. The smallest absolute Gasteiger partial charge is 0.169 e. The molecule has 6 nitrogen and oxygen atoms in total. The van der Waals surface area contributed by atoms with Crippen LogP contribution in [0.1, 0.15) is 12.8 Å². The number of nitrogens with two attached hydrogens (primary N) is 1. The number of anilines is 2. The highest BCUT2D eigenvalue weighted by Crippen LogP contribution is 2.32. The molecule has 0 radical (unpaired) electrons. The maximum atomic E-state index is 9.98. The third kappa shape index (κ3) is 2.82. The number of rotatable bonds is 3. The van der Waals surface area contributed by atoms with Gasteiger partial charge in [0, 0.05) is 25.8 Å². The van der Waals surface area contributed by atoms with Crippen LogP contribution in [0, 0.1) is 0 Å². The lowest BCUT2D eigenvalue weighted by atomic mass is 10.1. The molecule has 0 unspecified atom stereocenters. The van der Waals surface area contributed by atoms with Crippen LogP contribution in [-0.2, 0) is 4.74 Å². The van der Waals surface area contributed by atoms with Gasteiger partial charge in [0.25, 0.3) is 0 Å². The van der Waals surface area contributed by atoms with E-state index in [0.717, 1.165) is 31.6 Å². The monoisotopic (exact) mass is 300 g/mol. The third-order valence-electron chi connectivity index (χ3n) is 4.03. The normalized spacial score (nSPS) is 18.4. The summed E-state index contributed by atoms with van der Waals surface area (Å²) < 4.78 is 5.46. The summed E-state index contributed by atoms with van der Waals surface area (Å²) in [6, 6.07) is 8.96. The molecule has 6 heteroatoms. The number of para-hydroxylation sites is 1. The zero-order chi connectivity index (χ0) is 15.5. The molecule has 0 aliphatic carbocycles. The van der Waals surface area contributed by atoms with Crippen LogP contribution in [0.4, 0.5) is 11.5 Å². The molecule has 1 aromatic carbocycles. The number of aromatic nitrogens is 2. The highest BCUT2D eigenvalue weighted by atomic mass is 16.5. The zero-order valence-electron chi connectivity index (χ0n) is 12.6. The second-order valence-electron chi connectivity index (χ2n) is 5.46. The molecule has 3 N–H and O–H groups in total. The zero-order valence-corrected chi connectivity index (χ0v) is 12.6. The third-order valence-corrected chi connectivity index (χ3v) is 4.03. The van der Waals surface area contributed by atoms with Crippen molar-refractivity contribution in [3.63, 3.8) is 0 Å². The average Bonchev–Trinajstić information content (AvgIpc) is 2.56. The maximum absolute atomic E-state index is 9.98. The Bertz CT molecular complexity index is 662. The summed E-state index contributed by atoms with van der Waals surface area (Å²) in [4.78, 5) is 2.17. The Morgan fingerprint density at radius 2 is 2.14 bits per heavy atom. The summed E-state index contributed by atoms with van der Waals surface area (Å²) in [5.74, 6) is 0.580. The van der Waals surface area contributed by atoms with Crippen molar-refractivity contribution in [2.45, 2.75) is 18.9 Å². The van der Waals surface area contributed by atoms with Crippen LogP contribution in [0.2, 0.25) is 0 Å². The number of hydrogen-bond donors (Lipinski definition) is 2. The van der Waals surface area contributed by atoms with Crippen LogP contribution in [0.15, 0.2) is 30.3 Å². The summed E-state index contributed by atoms with van der Waals surface area (Å²) in [5, 5.41) is 18.1. The van der Waals surface area contributed by atoms with Crippen molar-refractivity contribution in [3.05, 3.63) is 30.3 Å². The standard InChI is InChI=1S/C16H20N4O2/c1-22-11-5-4-8-20(10-11)14-9-13(18-19-16(14)17)12-6-2-3-7-15(12)21/h2-3,6-7,9,11,21H,4-5,8,10H2,1H3,(H2,17,19)/t11-/m1/s1. The van der Waals surface area contributed by atoms with Crippen molar-refractivity contribution in [3.8, 4) is 17.0 Å². The first-order chi connectivity index (χ1) is 10.7. The molecular formula is C16H20N4O2. The van der Waals surface area contributed by atoms with Gasteiger partial charge in [-0.15, -0.1) is 10.2 Å². The van der Waals surface area contributed by atoms with Crippen molar-refractivity contribution < 1.29 is 9.84 Å². The van der Waals surface area contributed by atoms with E-state index in [1.54, 1.807) is 19.2 Å². The highest BCUT2D eigenvalue weighted by Gasteiger charge is 2.22. The second kappa shape index (κ2) is 6.19. The van der Waals surface area contributed by atoms with Crippen molar-refractivity contribution in [1.82, 2.24) is 10.2 Å². The fraction of sp³-hybridized carbons (Fsp3) is 0.375. The first-order valence-corrected chi connectivity index (χ1v) is 7.38. The minimum Gasteiger partial charge on any atom is -0.507 e. The van der Waals surface area contributed by atoms with Crippen LogP contribution in [0.25, 0.3) is 11.3 Å². The van der Waals surface area contributed by atoms with Gasteiger partial charge in [-0.05, 0) is 31.0 Å². The van der Waals surface area contributed by atoms with Gasteiger partial charge >= 0.3 is 0 Å². The number of piperidine rings is 1. The van der Waals surface area contributed by atoms with Gasteiger partial charge in [0.15, 0.2) is 5.82 Å². The Kier molecular flexibility index (Phi) is 4.11. The summed E-state index contributed by atoms with van der Waals surface area (Å²) in [7, 11) is 1.73. The molecular weight excluding hydrogens is 280 g/mol. The SMILES string of the molecule is CO[C@@H]1CCCN(c2cc(-c3ccccc3O)nnc2N)C1. The molecule has 3 rings (SSSR count). The summed E-state index contributed by atoms with van der Waals surface area (Å²) in [6.45, 7) is 1.70. The molecule has 1 aromatic heterocycles. The fourth-order valence-corrected chi connectivity index (χ4v) is 2.82. The number of aromatic hydroxyl groups is 1. The Morgan fingerprint density at radius 1 is 1.32 bits per heavy atom. The molecule has 0 amide bonds. The largest absolute Gasteiger partial charge is 0.507 e. The van der Waals surface area contributed by atoms with Gasteiger partial charge in [-0.2, -0.15) is 0 Å². The Balaban J connectivity index is 1.95. The highest BCUT2D eigenvalue weighted by molar-refractivity contribution is 5.74. The molecule has 2 aromatic rings. The van der Waals surface area contributed by atoms with Crippen LogP contribution in [-0.4, -0.2) is 41.6 Å². The summed E-state index contributed by atoms with van der Waals surface area (Å²) in [5.41, 5.74) is 8.11. The fourth-order valence-electron chi connectivity index (χ4n) is 2.82. The van der Waals surface area contributed by atoms with E-state index in [1.807, 2.05) is 18.2 Å². The number of methoxy groups -OCH3 is 1. The lowest BCUT2D eigenvalue weighted by Gasteiger charge is -2.34. The second-order valence-corrected chi connectivity index (χ2v) is 5.46. The maximum Gasteiger partial charge on any atom is 0.169 e. The van der Waals surface area contributed by atoms with Crippen molar-refractivity contribution in [1.29, 1.82) is 0 Å². The van der Waals surface area contributed by atoms with Gasteiger partial charge < -0.3 is 20.5 Å². The van der Waals surface area contributed by atoms with Crippen LogP contribution in [0.3, 0.4) is 0 Å². The van der Waals surface area contributed by atoms with Crippen LogP contribution < -0.4 is 10.6 Å². The summed E-state index contributed by atoms with van der Waals surface area (Å²) in [6.07, 6.45) is 2.30. The van der Waals surface area contributed by atoms with Gasteiger partial charge in [-0.3, -0.25) is 0 Å². The van der Waals surface area contributed by atoms with Gasteiger partial charge in [0.1, 0.15) is 5.75 Å². The van der Waals surface area contributed by atoms with E-state index in [0.29, 0.717) is 17.1 Å². The number of nitrogen functional groups attached to an aromatic ring is 1. The first-order valence-electron chi connectivity index (χ1n) is 7.38. The van der Waals surface area contributed by atoms with E-state index in [9.17, 15) is 5.11 Å². The Morgan fingerprint density at radius 3 is 2.91 bits per heavy atom. The Labute approximate surface area is 129 Å². The van der Waals surface area contributed by atoms with Crippen molar-refractivity contribution >= 4 is 11.5 Å². The number of benzene rings is 1. The predicted octanol–water partition coefficient (Wildman–Crippen LogP) is 2.05. The molecule has 1 atom stereocenters. The molecule has 1 aliphatic heterocycles. The number of phenols is 1. The van der Waals surface area contributed by atoms with E-state index < -0.39 is 0 Å². The lowest BCUT2D eigenvalue weighted by Crippen LogP contribution is -2.39. The molecule has 1 fully saturated rings. The molecule has 0 saturated carbocycles. The predicted molar refractivity (Wildman–Crippen MR) is 85.8 cm³/mol. The van der Waals surface area contributed by atoms with Crippen molar-refractivity contribution in [2.75, 3.05) is 30.8 Å². The number of nitrogens with zero attached hydrogens (tertiary/aromatic N) is 3. The van der Waals surface area contributed by atoms with E-state index in [-0.39, 0.29) is 11.9 Å². The van der Waals surface area contributed by atoms with E-state index in [2.05, 4.69) is 15.1 Å². The van der Waals surface area contributed by atoms with E-state index in [4.69, 9.17) is 10.5 Å². The number of phenolic OH excluding ortho intramolecular Hbond substituents is 1. The molecule has 2 heterocycles. The topological polar surface area (TPSA) is 84.5 Å². The molecule has 1 aliphatic rings. The minimum absolute atomic E-state index is 0.181. The molecule has 1 saturated heterocycles. The van der Waals surface area contributed by atoms with Gasteiger partial charge in [0.05, 0.1) is 17.5 Å². The Hall–Kier alpha value is -2.34. The van der Waals surface area contributed by atoms with E-state index in [1.165, 1.54) is 0 Å². The van der Waals surface area contributed by atoms with Gasteiger partial charge in [-0.1, -0.05) is 12.1 Å². The quantitative estimate of drug-likeness (QED) is 0.902. The number of hydrogen-bond acceptors (Lipinski definition) is 6. The average molecular weight is 300 g/mol. The van der Waals surface area contributed by atoms with Crippen molar-refractivity contribution in [2.24, 2.45) is 0 Å². The minimum atomic E-state index is 0.181. The number of ether oxygens (including phenoxy) is 1. The van der Waals surface area contributed by atoms with E-state index >= 15 is 0 Å². The first kappa shape index (κ1) is 14.6. The van der Waals surface area contributed by atoms with Gasteiger partial charge in [0.2, 0.25) is 0 Å². The molecule has 0 bridgehead atoms. The summed E-state index contributed by atoms with van der Waals surface area (Å²) >= 11 is 0. The van der Waals surface area contributed by atoms with Crippen LogP contribution >= 0.6 is 0 Å². The molecule has 116 valence electrons. The van der Waals surface area contributed by atoms with Crippen LogP contribution in [0.5, 0.6) is 5.75 Å². The molecule has 22 heavy (non-hydrogen) atoms. The lowest BCUT2D eigenvalue weighted by molar-refractivity contribution is 0.0893.